The number of amides is 4. The first-order valence-corrected chi connectivity index (χ1v) is 7.99. The molecule has 1 aromatic rings. The van der Waals surface area contributed by atoms with Crippen molar-refractivity contribution < 1.29 is 14.4 Å². The smallest absolute Gasteiger partial charge is 0.319 e. The summed E-state index contributed by atoms with van der Waals surface area (Å²) >= 11 is 0. The Morgan fingerprint density at radius 3 is 2.29 bits per heavy atom. The Hall–Kier alpha value is -2.57. The van der Waals surface area contributed by atoms with E-state index in [0.29, 0.717) is 11.3 Å². The standard InChI is InChI=1S/C17H26N4O3/c1-5-12(2)19-16(23)13-6-8-14(9-7-13)20-17(24)18-11-10-15(22)21(3)4/h6-9,12H,5,10-11H2,1-4H3,(H,19,23)(H2,18,20,24). The molecule has 3 N–H and O–H groups in total. The Kier molecular flexibility index (Phi) is 7.74. The predicted molar refractivity (Wildman–Crippen MR) is 94.0 cm³/mol. The summed E-state index contributed by atoms with van der Waals surface area (Å²) in [7, 11) is 3.34. The van der Waals surface area contributed by atoms with Crippen LogP contribution < -0.4 is 16.0 Å². The first-order valence-electron chi connectivity index (χ1n) is 7.99. The predicted octanol–water partition coefficient (Wildman–Crippen LogP) is 1.81. The second-order valence-electron chi connectivity index (χ2n) is 5.78. The number of hydrogen-bond donors (Lipinski definition) is 3. The van der Waals surface area contributed by atoms with Crippen LogP contribution in [0.1, 0.15) is 37.0 Å². The van der Waals surface area contributed by atoms with Crippen LogP contribution >= 0.6 is 0 Å². The van der Waals surface area contributed by atoms with Crippen LogP contribution in [0.4, 0.5) is 10.5 Å². The maximum atomic E-state index is 12.0. The van der Waals surface area contributed by atoms with Gasteiger partial charge in [-0.1, -0.05) is 6.92 Å². The number of carbonyl (C=O) groups excluding carboxylic acids is 3. The fourth-order valence-corrected chi connectivity index (χ4v) is 1.80. The number of benzene rings is 1. The summed E-state index contributed by atoms with van der Waals surface area (Å²) < 4.78 is 0. The lowest BCUT2D eigenvalue weighted by Gasteiger charge is -2.12. The van der Waals surface area contributed by atoms with Crippen molar-refractivity contribution in [2.24, 2.45) is 0 Å². The van der Waals surface area contributed by atoms with Gasteiger partial charge in [-0.05, 0) is 37.6 Å². The summed E-state index contributed by atoms with van der Waals surface area (Å²) in [6.07, 6.45) is 1.11. The summed E-state index contributed by atoms with van der Waals surface area (Å²) in [5.74, 6) is -0.186. The maximum absolute atomic E-state index is 12.0. The highest BCUT2D eigenvalue weighted by atomic mass is 16.2. The van der Waals surface area contributed by atoms with Crippen LogP contribution in [-0.4, -0.2) is 49.4 Å². The Morgan fingerprint density at radius 1 is 1.12 bits per heavy atom. The van der Waals surface area contributed by atoms with Crippen molar-refractivity contribution in [3.05, 3.63) is 29.8 Å². The number of rotatable bonds is 7. The van der Waals surface area contributed by atoms with Gasteiger partial charge in [0.25, 0.3) is 5.91 Å². The van der Waals surface area contributed by atoms with Crippen LogP contribution in [-0.2, 0) is 4.79 Å². The Labute approximate surface area is 142 Å². The van der Waals surface area contributed by atoms with Gasteiger partial charge in [0, 0.05) is 44.4 Å². The summed E-state index contributed by atoms with van der Waals surface area (Å²) in [6.45, 7) is 4.21. The van der Waals surface area contributed by atoms with Gasteiger partial charge in [-0.15, -0.1) is 0 Å². The quantitative estimate of drug-likeness (QED) is 0.710. The van der Waals surface area contributed by atoms with Crippen molar-refractivity contribution in [1.82, 2.24) is 15.5 Å². The minimum atomic E-state index is -0.390. The molecule has 4 amide bonds. The molecule has 132 valence electrons. The third kappa shape index (κ3) is 6.68. The first-order chi connectivity index (χ1) is 11.3. The van der Waals surface area contributed by atoms with E-state index in [9.17, 15) is 14.4 Å². The van der Waals surface area contributed by atoms with Gasteiger partial charge in [0.1, 0.15) is 0 Å². The highest BCUT2D eigenvalue weighted by Crippen LogP contribution is 2.10. The number of anilines is 1. The van der Waals surface area contributed by atoms with Crippen LogP contribution in [0.3, 0.4) is 0 Å². The topological polar surface area (TPSA) is 90.5 Å². The van der Waals surface area contributed by atoms with E-state index in [1.54, 1.807) is 38.4 Å². The van der Waals surface area contributed by atoms with Crippen LogP contribution in [0.5, 0.6) is 0 Å². The molecule has 0 radical (unpaired) electrons. The largest absolute Gasteiger partial charge is 0.350 e. The minimum Gasteiger partial charge on any atom is -0.350 e. The van der Waals surface area contributed by atoms with Crippen molar-refractivity contribution in [2.75, 3.05) is 26.0 Å². The van der Waals surface area contributed by atoms with E-state index < -0.39 is 6.03 Å². The number of urea groups is 1. The van der Waals surface area contributed by atoms with Crippen LogP contribution in [0.15, 0.2) is 24.3 Å². The molecule has 1 rings (SSSR count). The second kappa shape index (κ2) is 9.54. The average molecular weight is 334 g/mol. The lowest BCUT2D eigenvalue weighted by molar-refractivity contribution is -0.128. The van der Waals surface area contributed by atoms with Gasteiger partial charge >= 0.3 is 6.03 Å². The van der Waals surface area contributed by atoms with Crippen molar-refractivity contribution in [1.29, 1.82) is 0 Å². The molecule has 1 atom stereocenters. The van der Waals surface area contributed by atoms with Crippen molar-refractivity contribution in [3.8, 4) is 0 Å². The number of nitrogens with one attached hydrogen (secondary N) is 3. The van der Waals surface area contributed by atoms with Crippen molar-refractivity contribution >= 4 is 23.5 Å². The monoisotopic (exact) mass is 334 g/mol. The van der Waals surface area contributed by atoms with Gasteiger partial charge in [-0.25, -0.2) is 4.79 Å². The highest BCUT2D eigenvalue weighted by Gasteiger charge is 2.09. The van der Waals surface area contributed by atoms with Gasteiger partial charge in [0.2, 0.25) is 5.91 Å². The first kappa shape index (κ1) is 19.5. The lowest BCUT2D eigenvalue weighted by atomic mass is 10.1. The van der Waals surface area contributed by atoms with E-state index >= 15 is 0 Å². The molecule has 24 heavy (non-hydrogen) atoms. The van der Waals surface area contributed by atoms with Crippen LogP contribution in [0.2, 0.25) is 0 Å². The molecular formula is C17H26N4O3. The molecule has 0 spiro atoms. The molecule has 0 aliphatic carbocycles. The molecular weight excluding hydrogens is 308 g/mol. The lowest BCUT2D eigenvalue weighted by Crippen LogP contribution is -2.33. The van der Waals surface area contributed by atoms with E-state index in [2.05, 4.69) is 16.0 Å². The zero-order chi connectivity index (χ0) is 18.1. The molecule has 0 saturated carbocycles. The summed E-state index contributed by atoms with van der Waals surface area (Å²) in [5, 5.41) is 8.15. The number of nitrogens with zero attached hydrogens (tertiary/aromatic N) is 1. The van der Waals surface area contributed by atoms with Crippen LogP contribution in [0, 0.1) is 0 Å². The Balaban J connectivity index is 2.45. The van der Waals surface area contributed by atoms with E-state index in [1.807, 2.05) is 13.8 Å². The normalized spacial score (nSPS) is 11.3. The molecule has 7 nitrogen and oxygen atoms in total. The van der Waals surface area contributed by atoms with E-state index in [4.69, 9.17) is 0 Å². The molecule has 7 heteroatoms. The summed E-state index contributed by atoms with van der Waals surface area (Å²) in [4.78, 5) is 36.6. The SMILES string of the molecule is CCC(C)NC(=O)c1ccc(NC(=O)NCCC(=O)N(C)C)cc1. The number of hydrogen-bond acceptors (Lipinski definition) is 3. The third-order valence-corrected chi connectivity index (χ3v) is 3.52. The van der Waals surface area contributed by atoms with Gasteiger partial charge in [-0.3, -0.25) is 9.59 Å². The summed E-state index contributed by atoms with van der Waals surface area (Å²) in [6, 6.07) is 6.36. The van der Waals surface area contributed by atoms with Crippen LogP contribution in [0.25, 0.3) is 0 Å². The third-order valence-electron chi connectivity index (χ3n) is 3.52. The fraction of sp³-hybridized carbons (Fsp3) is 0.471. The second-order valence-corrected chi connectivity index (χ2v) is 5.78. The van der Waals surface area contributed by atoms with Gasteiger partial charge < -0.3 is 20.9 Å². The van der Waals surface area contributed by atoms with Gasteiger partial charge in [0.05, 0.1) is 0 Å². The van der Waals surface area contributed by atoms with E-state index in [0.717, 1.165) is 6.42 Å². The van der Waals surface area contributed by atoms with Crippen molar-refractivity contribution in [2.45, 2.75) is 32.7 Å². The number of carbonyl (C=O) groups is 3. The molecule has 0 aliphatic rings. The molecule has 0 bridgehead atoms. The molecule has 0 aliphatic heterocycles. The van der Waals surface area contributed by atoms with Gasteiger partial charge in [-0.2, -0.15) is 0 Å². The van der Waals surface area contributed by atoms with E-state index in [1.165, 1.54) is 4.90 Å². The van der Waals surface area contributed by atoms with Gasteiger partial charge in [0.15, 0.2) is 0 Å². The molecule has 0 fully saturated rings. The molecule has 1 aromatic carbocycles. The molecule has 0 aromatic heterocycles. The highest BCUT2D eigenvalue weighted by molar-refractivity contribution is 5.95. The maximum Gasteiger partial charge on any atom is 0.319 e. The minimum absolute atomic E-state index is 0.0491. The average Bonchev–Trinajstić information content (AvgIpc) is 2.54. The molecule has 1 unspecified atom stereocenters. The van der Waals surface area contributed by atoms with Crippen molar-refractivity contribution in [3.63, 3.8) is 0 Å². The Bertz CT molecular complexity index is 570. The Morgan fingerprint density at radius 2 is 1.75 bits per heavy atom. The zero-order valence-electron chi connectivity index (χ0n) is 14.7. The van der Waals surface area contributed by atoms with E-state index in [-0.39, 0.29) is 30.8 Å². The summed E-state index contributed by atoms with van der Waals surface area (Å²) in [5.41, 5.74) is 1.12. The zero-order valence-corrected chi connectivity index (χ0v) is 14.7. The molecule has 0 saturated heterocycles. The molecule has 0 heterocycles. The fourth-order valence-electron chi connectivity index (χ4n) is 1.80.